The fourth-order valence-electron chi connectivity index (χ4n) is 2.87. The summed E-state index contributed by atoms with van der Waals surface area (Å²) in [5.41, 5.74) is 5.52. The van der Waals surface area contributed by atoms with Crippen LogP contribution in [0.3, 0.4) is 0 Å². The molecule has 0 fully saturated rings. The van der Waals surface area contributed by atoms with Gasteiger partial charge in [-0.15, -0.1) is 0 Å². The second-order valence-electron chi connectivity index (χ2n) is 5.91. The van der Waals surface area contributed by atoms with Gasteiger partial charge in [-0.3, -0.25) is 15.1 Å². The highest BCUT2D eigenvalue weighted by molar-refractivity contribution is 5.70. The molecule has 0 unspecified atom stereocenters. The Balaban J connectivity index is 1.69. The zero-order chi connectivity index (χ0) is 19.3. The number of benzene rings is 2. The van der Waals surface area contributed by atoms with E-state index in [0.29, 0.717) is 40.8 Å². The number of fused-ring (bicyclic) bond motifs is 2. The van der Waals surface area contributed by atoms with Crippen molar-refractivity contribution in [1.82, 2.24) is 10.8 Å². The predicted molar refractivity (Wildman–Crippen MR) is 100 cm³/mol. The molecule has 0 bridgehead atoms. The zero-order valence-corrected chi connectivity index (χ0v) is 15.1. The van der Waals surface area contributed by atoms with Gasteiger partial charge in [0.25, 0.3) is 0 Å². The summed E-state index contributed by atoms with van der Waals surface area (Å²) in [7, 11) is 1.49. The van der Waals surface area contributed by atoms with E-state index in [1.165, 1.54) is 7.11 Å². The standard InChI is InChI=1S/C20H18N2O6/c1-24-22-16(7-14-3-5-18-20(9-14)28-12-26-18)15(21-10-23)6-13-2-4-17-19(8-13)27-11-25-17/h2-10,22H,11-12H2,1H3,(H,21,23). The molecule has 28 heavy (non-hydrogen) atoms. The molecule has 0 spiro atoms. The first-order chi connectivity index (χ1) is 13.8. The van der Waals surface area contributed by atoms with E-state index < -0.39 is 0 Å². The summed E-state index contributed by atoms with van der Waals surface area (Å²) < 4.78 is 21.5. The van der Waals surface area contributed by atoms with E-state index in [1.807, 2.05) is 42.5 Å². The molecular weight excluding hydrogens is 364 g/mol. The molecule has 2 heterocycles. The molecule has 2 N–H and O–H groups in total. The molecule has 4 rings (SSSR count). The third-order valence-corrected chi connectivity index (χ3v) is 4.13. The van der Waals surface area contributed by atoms with E-state index in [0.717, 1.165) is 11.1 Å². The topological polar surface area (TPSA) is 87.3 Å². The fourth-order valence-corrected chi connectivity index (χ4v) is 2.87. The number of nitrogens with one attached hydrogen (secondary N) is 2. The lowest BCUT2D eigenvalue weighted by atomic mass is 10.1. The van der Waals surface area contributed by atoms with Gasteiger partial charge in [0.15, 0.2) is 23.0 Å². The van der Waals surface area contributed by atoms with Crippen LogP contribution in [0.15, 0.2) is 47.8 Å². The highest BCUT2D eigenvalue weighted by Crippen LogP contribution is 2.34. The molecule has 144 valence electrons. The zero-order valence-electron chi connectivity index (χ0n) is 15.1. The molecule has 8 nitrogen and oxygen atoms in total. The van der Waals surface area contributed by atoms with Crippen molar-refractivity contribution in [3.05, 3.63) is 58.9 Å². The van der Waals surface area contributed by atoms with Crippen LogP contribution in [0, 0.1) is 0 Å². The van der Waals surface area contributed by atoms with Gasteiger partial charge in [0.1, 0.15) is 0 Å². The maximum Gasteiger partial charge on any atom is 0.231 e. The second kappa shape index (κ2) is 7.93. The van der Waals surface area contributed by atoms with Crippen LogP contribution in [0.25, 0.3) is 12.2 Å². The van der Waals surface area contributed by atoms with Gasteiger partial charge in [-0.2, -0.15) is 0 Å². The number of carbonyl (C=O) groups excluding carboxylic acids is 1. The van der Waals surface area contributed by atoms with Crippen LogP contribution in [0.2, 0.25) is 0 Å². The fraction of sp³-hybridized carbons (Fsp3) is 0.150. The third-order valence-electron chi connectivity index (χ3n) is 4.13. The molecule has 0 saturated heterocycles. The van der Waals surface area contributed by atoms with E-state index in [-0.39, 0.29) is 13.6 Å². The monoisotopic (exact) mass is 382 g/mol. The molecule has 0 aliphatic carbocycles. The summed E-state index contributed by atoms with van der Waals surface area (Å²) in [6.45, 7) is 0.399. The van der Waals surface area contributed by atoms with Crippen molar-refractivity contribution >= 4 is 18.6 Å². The molecule has 2 aromatic rings. The molecule has 1 amide bonds. The number of carbonyl (C=O) groups is 1. The van der Waals surface area contributed by atoms with Crippen LogP contribution in [0.5, 0.6) is 23.0 Å². The lowest BCUT2D eigenvalue weighted by Crippen LogP contribution is -2.21. The summed E-state index contributed by atoms with van der Waals surface area (Å²) in [5.74, 6) is 2.70. The lowest BCUT2D eigenvalue weighted by Gasteiger charge is -2.13. The van der Waals surface area contributed by atoms with E-state index in [4.69, 9.17) is 23.8 Å². The number of hydrogen-bond donors (Lipinski definition) is 2. The van der Waals surface area contributed by atoms with Gasteiger partial charge >= 0.3 is 0 Å². The van der Waals surface area contributed by atoms with Crippen LogP contribution >= 0.6 is 0 Å². The first-order valence-electron chi connectivity index (χ1n) is 8.49. The SMILES string of the molecule is CONC(=Cc1ccc2c(c1)OCO2)C(=Cc1ccc2c(c1)OCO2)NC=O. The highest BCUT2D eigenvalue weighted by atomic mass is 16.7. The number of rotatable bonds is 7. The smallest absolute Gasteiger partial charge is 0.231 e. The summed E-state index contributed by atoms with van der Waals surface area (Å²) >= 11 is 0. The van der Waals surface area contributed by atoms with E-state index >= 15 is 0 Å². The summed E-state index contributed by atoms with van der Waals surface area (Å²) in [6.07, 6.45) is 4.21. The Hall–Kier alpha value is -3.65. The number of amides is 1. The van der Waals surface area contributed by atoms with Gasteiger partial charge in [-0.1, -0.05) is 12.1 Å². The molecule has 0 aromatic heterocycles. The Labute approximate surface area is 161 Å². The Bertz CT molecular complexity index is 954. The first kappa shape index (κ1) is 17.7. The van der Waals surface area contributed by atoms with Crippen molar-refractivity contribution in [3.8, 4) is 23.0 Å². The van der Waals surface area contributed by atoms with Gasteiger partial charge in [0.2, 0.25) is 20.0 Å². The number of hydrogen-bond acceptors (Lipinski definition) is 7. The van der Waals surface area contributed by atoms with Crippen LogP contribution in [-0.2, 0) is 9.63 Å². The van der Waals surface area contributed by atoms with Crippen molar-refractivity contribution in [1.29, 1.82) is 0 Å². The Morgan fingerprint density at radius 1 is 0.857 bits per heavy atom. The normalized spacial score (nSPS) is 14.8. The first-order valence-corrected chi connectivity index (χ1v) is 8.49. The van der Waals surface area contributed by atoms with E-state index in [1.54, 1.807) is 6.08 Å². The minimum atomic E-state index is 0.197. The largest absolute Gasteiger partial charge is 0.454 e. The molecule has 2 aliphatic rings. The summed E-state index contributed by atoms with van der Waals surface area (Å²) in [6, 6.07) is 11.1. The van der Waals surface area contributed by atoms with Gasteiger partial charge < -0.3 is 24.3 Å². The quantitative estimate of drug-likeness (QED) is 0.432. The van der Waals surface area contributed by atoms with Crippen LogP contribution in [-0.4, -0.2) is 27.1 Å². The van der Waals surface area contributed by atoms with Crippen molar-refractivity contribution in [2.45, 2.75) is 0 Å². The minimum absolute atomic E-state index is 0.197. The van der Waals surface area contributed by atoms with Gasteiger partial charge in [-0.05, 0) is 47.5 Å². The Kier molecular flexibility index (Phi) is 5.03. The molecule has 2 aliphatic heterocycles. The predicted octanol–water partition coefficient (Wildman–Crippen LogP) is 2.42. The van der Waals surface area contributed by atoms with Crippen molar-refractivity contribution in [3.63, 3.8) is 0 Å². The Morgan fingerprint density at radius 3 is 1.93 bits per heavy atom. The summed E-state index contributed by atoms with van der Waals surface area (Å²) in [4.78, 5) is 16.3. The molecule has 2 aromatic carbocycles. The number of ether oxygens (including phenoxy) is 4. The average molecular weight is 382 g/mol. The maximum atomic E-state index is 11.2. The molecular formula is C20H18N2O6. The van der Waals surface area contributed by atoms with Crippen LogP contribution in [0.1, 0.15) is 11.1 Å². The highest BCUT2D eigenvalue weighted by Gasteiger charge is 2.15. The van der Waals surface area contributed by atoms with Gasteiger partial charge in [0, 0.05) is 0 Å². The van der Waals surface area contributed by atoms with Crippen LogP contribution < -0.4 is 29.7 Å². The molecule has 0 radical (unpaired) electrons. The second-order valence-corrected chi connectivity index (χ2v) is 5.91. The lowest BCUT2D eigenvalue weighted by molar-refractivity contribution is -0.108. The van der Waals surface area contributed by atoms with Gasteiger partial charge in [0.05, 0.1) is 18.5 Å². The van der Waals surface area contributed by atoms with Crippen molar-refractivity contribution in [2.24, 2.45) is 0 Å². The van der Waals surface area contributed by atoms with Gasteiger partial charge in [-0.25, -0.2) is 0 Å². The summed E-state index contributed by atoms with van der Waals surface area (Å²) in [5, 5.41) is 2.70. The Morgan fingerprint density at radius 2 is 1.39 bits per heavy atom. The van der Waals surface area contributed by atoms with Crippen molar-refractivity contribution < 1.29 is 28.6 Å². The van der Waals surface area contributed by atoms with Crippen molar-refractivity contribution in [2.75, 3.05) is 20.7 Å². The number of hydroxylamine groups is 1. The molecule has 8 heteroatoms. The minimum Gasteiger partial charge on any atom is -0.454 e. The molecule has 0 atom stereocenters. The maximum absolute atomic E-state index is 11.2. The average Bonchev–Trinajstić information content (AvgIpc) is 3.35. The van der Waals surface area contributed by atoms with Crippen LogP contribution in [0.4, 0.5) is 0 Å². The third kappa shape index (κ3) is 3.72. The van der Waals surface area contributed by atoms with E-state index in [9.17, 15) is 4.79 Å². The molecule has 0 saturated carbocycles. The van der Waals surface area contributed by atoms with E-state index in [2.05, 4.69) is 10.8 Å².